The largest absolute Gasteiger partial charge is 0.416 e. The van der Waals surface area contributed by atoms with Gasteiger partial charge in [-0.05, 0) is 53.7 Å². The summed E-state index contributed by atoms with van der Waals surface area (Å²) in [4.78, 5) is 18.6. The van der Waals surface area contributed by atoms with Crippen molar-refractivity contribution in [1.29, 1.82) is 0 Å². The lowest BCUT2D eigenvalue weighted by Gasteiger charge is -2.11. The van der Waals surface area contributed by atoms with Gasteiger partial charge in [-0.2, -0.15) is 13.2 Å². The van der Waals surface area contributed by atoms with E-state index in [9.17, 15) is 18.0 Å². The number of hydrogen-bond donors (Lipinski definition) is 1. The zero-order chi connectivity index (χ0) is 19.6. The van der Waals surface area contributed by atoms with E-state index in [1.807, 2.05) is 43.3 Å². The van der Waals surface area contributed by atoms with Crippen LogP contribution < -0.4 is 10.2 Å². The molecule has 0 aromatic heterocycles. The van der Waals surface area contributed by atoms with E-state index in [0.717, 1.165) is 35.1 Å². The number of aliphatic imine (C=N–C) groups is 1. The number of halogens is 3. The molecule has 1 aliphatic rings. The van der Waals surface area contributed by atoms with Gasteiger partial charge in [-0.15, -0.1) is 0 Å². The van der Waals surface area contributed by atoms with Crippen LogP contribution in [0.15, 0.2) is 58.4 Å². The first kappa shape index (κ1) is 19.0. The fourth-order valence-electron chi connectivity index (χ4n) is 2.37. The number of nitrogens with one attached hydrogen (secondary N) is 1. The molecule has 3 rings (SSSR count). The summed E-state index contributed by atoms with van der Waals surface area (Å²) in [5, 5.41) is 2.82. The molecule has 2 aromatic rings. The van der Waals surface area contributed by atoms with Gasteiger partial charge in [-0.1, -0.05) is 18.2 Å². The Morgan fingerprint density at radius 1 is 1.11 bits per heavy atom. The van der Waals surface area contributed by atoms with Crippen molar-refractivity contribution in [2.24, 2.45) is 4.99 Å². The van der Waals surface area contributed by atoms with Crippen LogP contribution in [0.2, 0.25) is 0 Å². The molecular formula is C19H16F3N3OS. The summed E-state index contributed by atoms with van der Waals surface area (Å²) in [6.45, 7) is 0. The van der Waals surface area contributed by atoms with Gasteiger partial charge < -0.3 is 10.2 Å². The predicted molar refractivity (Wildman–Crippen MR) is 103 cm³/mol. The molecule has 27 heavy (non-hydrogen) atoms. The zero-order valence-electron chi connectivity index (χ0n) is 14.5. The molecule has 1 N–H and O–H groups in total. The average Bonchev–Trinajstić information content (AvgIpc) is 2.94. The summed E-state index contributed by atoms with van der Waals surface area (Å²) in [6, 6.07) is 12.3. The van der Waals surface area contributed by atoms with E-state index < -0.39 is 11.7 Å². The van der Waals surface area contributed by atoms with E-state index in [0.29, 0.717) is 4.91 Å². The molecule has 1 aliphatic heterocycles. The van der Waals surface area contributed by atoms with Gasteiger partial charge in [0.2, 0.25) is 0 Å². The van der Waals surface area contributed by atoms with Crippen LogP contribution in [0, 0.1) is 0 Å². The van der Waals surface area contributed by atoms with Gasteiger partial charge in [-0.25, -0.2) is 4.99 Å². The van der Waals surface area contributed by atoms with Crippen LogP contribution in [0.1, 0.15) is 11.1 Å². The Labute approximate surface area is 158 Å². The van der Waals surface area contributed by atoms with Crippen molar-refractivity contribution in [3.63, 3.8) is 0 Å². The van der Waals surface area contributed by atoms with Gasteiger partial charge in [0.1, 0.15) is 0 Å². The highest BCUT2D eigenvalue weighted by Crippen LogP contribution is 2.33. The Balaban J connectivity index is 1.80. The molecule has 1 heterocycles. The highest BCUT2D eigenvalue weighted by Gasteiger charge is 2.30. The van der Waals surface area contributed by atoms with E-state index in [4.69, 9.17) is 0 Å². The van der Waals surface area contributed by atoms with Crippen LogP contribution in [0.25, 0.3) is 6.08 Å². The van der Waals surface area contributed by atoms with Crippen molar-refractivity contribution < 1.29 is 18.0 Å². The maximum Gasteiger partial charge on any atom is 0.416 e. The van der Waals surface area contributed by atoms with Crippen LogP contribution in [-0.4, -0.2) is 25.2 Å². The second kappa shape index (κ2) is 7.48. The number of benzene rings is 2. The van der Waals surface area contributed by atoms with Gasteiger partial charge in [0, 0.05) is 19.8 Å². The van der Waals surface area contributed by atoms with Crippen LogP contribution in [0.3, 0.4) is 0 Å². The lowest BCUT2D eigenvalue weighted by molar-refractivity contribution is -0.137. The third kappa shape index (κ3) is 4.71. The smallest absolute Gasteiger partial charge is 0.378 e. The van der Waals surface area contributed by atoms with Gasteiger partial charge in [0.15, 0.2) is 5.17 Å². The summed E-state index contributed by atoms with van der Waals surface area (Å²) in [5.74, 6) is -0.331. The highest BCUT2D eigenvalue weighted by atomic mass is 32.2. The van der Waals surface area contributed by atoms with E-state index in [1.165, 1.54) is 12.1 Å². The highest BCUT2D eigenvalue weighted by molar-refractivity contribution is 8.18. The summed E-state index contributed by atoms with van der Waals surface area (Å²) in [5.41, 5.74) is 1.23. The summed E-state index contributed by atoms with van der Waals surface area (Å²) in [7, 11) is 3.87. The van der Waals surface area contributed by atoms with Crippen LogP contribution in [0.5, 0.6) is 0 Å². The first-order valence-corrected chi connectivity index (χ1v) is 8.78. The lowest BCUT2D eigenvalue weighted by Crippen LogP contribution is -2.19. The molecule has 0 saturated carbocycles. The first-order chi connectivity index (χ1) is 12.7. The van der Waals surface area contributed by atoms with Crippen molar-refractivity contribution >= 4 is 40.3 Å². The molecule has 1 saturated heterocycles. The Morgan fingerprint density at radius 2 is 1.81 bits per heavy atom. The number of thioether (sulfide) groups is 1. The molecule has 140 valence electrons. The van der Waals surface area contributed by atoms with Crippen LogP contribution in [0.4, 0.5) is 24.5 Å². The number of carbonyl (C=O) groups excluding carboxylic acids is 1. The lowest BCUT2D eigenvalue weighted by atomic mass is 10.2. The van der Waals surface area contributed by atoms with Crippen LogP contribution in [-0.2, 0) is 11.0 Å². The normalized spacial score (nSPS) is 17.4. The molecule has 0 atom stereocenters. The third-order valence-corrected chi connectivity index (χ3v) is 4.67. The first-order valence-electron chi connectivity index (χ1n) is 7.96. The minimum atomic E-state index is -4.44. The fourth-order valence-corrected chi connectivity index (χ4v) is 3.21. The molecule has 8 heteroatoms. The second-order valence-corrected chi connectivity index (χ2v) is 7.05. The van der Waals surface area contributed by atoms with Crippen molar-refractivity contribution in [3.05, 3.63) is 64.6 Å². The predicted octanol–water partition coefficient (Wildman–Crippen LogP) is 4.66. The fraction of sp³-hybridized carbons (Fsp3) is 0.158. The standard InChI is InChI=1S/C19H16F3N3OS/c1-25(2)15-8-6-12(7-9-15)10-16-17(26)24-18(27-16)23-14-5-3-4-13(11-14)19(20,21)22/h3-11H,1-2H3,(H,23,24,26)/b16-10+. The van der Waals surface area contributed by atoms with Crippen molar-refractivity contribution in [2.45, 2.75) is 6.18 Å². The number of hydrogen-bond acceptors (Lipinski definition) is 4. The average molecular weight is 391 g/mol. The minimum Gasteiger partial charge on any atom is -0.378 e. The molecule has 1 amide bonds. The Kier molecular flexibility index (Phi) is 5.27. The molecule has 4 nitrogen and oxygen atoms in total. The molecule has 0 bridgehead atoms. The maximum absolute atomic E-state index is 12.8. The van der Waals surface area contributed by atoms with Crippen molar-refractivity contribution in [3.8, 4) is 0 Å². The SMILES string of the molecule is CN(C)c1ccc(/C=C2/SC(=Nc3cccc(C(F)(F)F)c3)NC2=O)cc1. The monoisotopic (exact) mass is 391 g/mol. The number of alkyl halides is 3. The number of amides is 1. The van der Waals surface area contributed by atoms with Gasteiger partial charge in [-0.3, -0.25) is 4.79 Å². The number of amidine groups is 1. The topological polar surface area (TPSA) is 44.7 Å². The van der Waals surface area contributed by atoms with Crippen LogP contribution >= 0.6 is 11.8 Å². The van der Waals surface area contributed by atoms with E-state index >= 15 is 0 Å². The number of carbonyl (C=O) groups is 1. The zero-order valence-corrected chi connectivity index (χ0v) is 15.4. The Bertz CT molecular complexity index is 919. The van der Waals surface area contributed by atoms with Gasteiger partial charge in [0.05, 0.1) is 16.2 Å². The second-order valence-electron chi connectivity index (χ2n) is 6.02. The third-order valence-electron chi connectivity index (χ3n) is 3.76. The number of nitrogens with zero attached hydrogens (tertiary/aromatic N) is 2. The van der Waals surface area contributed by atoms with Crippen molar-refractivity contribution in [1.82, 2.24) is 5.32 Å². The Morgan fingerprint density at radius 3 is 2.44 bits per heavy atom. The molecule has 0 aliphatic carbocycles. The van der Waals surface area contributed by atoms with E-state index in [1.54, 1.807) is 6.08 Å². The van der Waals surface area contributed by atoms with Gasteiger partial charge >= 0.3 is 6.18 Å². The van der Waals surface area contributed by atoms with Gasteiger partial charge in [0.25, 0.3) is 5.91 Å². The van der Waals surface area contributed by atoms with E-state index in [-0.39, 0.29) is 16.8 Å². The molecule has 0 spiro atoms. The molecule has 0 unspecified atom stereocenters. The maximum atomic E-state index is 12.8. The Hall–Kier alpha value is -2.74. The summed E-state index contributed by atoms with van der Waals surface area (Å²) in [6.07, 6.45) is -2.72. The quantitative estimate of drug-likeness (QED) is 0.774. The molecule has 0 radical (unpaired) electrons. The minimum absolute atomic E-state index is 0.129. The summed E-state index contributed by atoms with van der Waals surface area (Å²) < 4.78 is 38.4. The molecule has 2 aromatic carbocycles. The van der Waals surface area contributed by atoms with E-state index in [2.05, 4.69) is 10.3 Å². The number of rotatable bonds is 3. The van der Waals surface area contributed by atoms with Crippen molar-refractivity contribution in [2.75, 3.05) is 19.0 Å². The number of anilines is 1. The molecular weight excluding hydrogens is 375 g/mol. The molecule has 1 fully saturated rings. The summed E-state index contributed by atoms with van der Waals surface area (Å²) >= 11 is 1.09.